The standard InChI is InChI=1S/C14H15Cl2N3/c1-2-6-18-10-7-11(9-17-8-10)19-13-5-3-4-12(15)14(13)16/h3-5,7-9,18-19H,2,6H2,1H3. The zero-order valence-electron chi connectivity index (χ0n) is 10.6. The third-order valence-corrected chi connectivity index (χ3v) is 3.37. The lowest BCUT2D eigenvalue weighted by Crippen LogP contribution is -2.01. The highest BCUT2D eigenvalue weighted by Crippen LogP contribution is 2.31. The molecule has 1 heterocycles. The first kappa shape index (κ1) is 14.0. The average Bonchev–Trinajstić information content (AvgIpc) is 2.42. The summed E-state index contributed by atoms with van der Waals surface area (Å²) >= 11 is 12.1. The van der Waals surface area contributed by atoms with Gasteiger partial charge in [0.25, 0.3) is 0 Å². The molecule has 0 bridgehead atoms. The summed E-state index contributed by atoms with van der Waals surface area (Å²) in [5, 5.41) is 7.53. The van der Waals surface area contributed by atoms with Crippen molar-refractivity contribution in [3.63, 3.8) is 0 Å². The van der Waals surface area contributed by atoms with Crippen LogP contribution in [0.25, 0.3) is 0 Å². The fraction of sp³-hybridized carbons (Fsp3) is 0.214. The van der Waals surface area contributed by atoms with E-state index >= 15 is 0 Å². The van der Waals surface area contributed by atoms with Gasteiger partial charge in [0.2, 0.25) is 0 Å². The third-order valence-electron chi connectivity index (χ3n) is 2.55. The van der Waals surface area contributed by atoms with Crippen LogP contribution in [-0.4, -0.2) is 11.5 Å². The van der Waals surface area contributed by atoms with Crippen LogP contribution in [0.15, 0.2) is 36.7 Å². The summed E-state index contributed by atoms with van der Waals surface area (Å²) in [6, 6.07) is 7.47. The Bertz CT molecular complexity index is 558. The molecular weight excluding hydrogens is 281 g/mol. The molecule has 1 aromatic heterocycles. The van der Waals surface area contributed by atoms with Crippen LogP contribution in [0.1, 0.15) is 13.3 Å². The normalized spacial score (nSPS) is 10.3. The Labute approximate surface area is 123 Å². The SMILES string of the molecule is CCCNc1cncc(Nc2cccc(Cl)c2Cl)c1. The Morgan fingerprint density at radius 1 is 1.16 bits per heavy atom. The molecular formula is C14H15Cl2N3. The van der Waals surface area contributed by atoms with E-state index in [-0.39, 0.29) is 0 Å². The van der Waals surface area contributed by atoms with Crippen LogP contribution < -0.4 is 10.6 Å². The summed E-state index contributed by atoms with van der Waals surface area (Å²) in [6.45, 7) is 3.04. The summed E-state index contributed by atoms with van der Waals surface area (Å²) in [5.41, 5.74) is 2.61. The lowest BCUT2D eigenvalue weighted by atomic mass is 10.3. The molecule has 0 atom stereocenters. The Morgan fingerprint density at radius 2 is 1.95 bits per heavy atom. The molecule has 0 aliphatic heterocycles. The molecule has 0 amide bonds. The van der Waals surface area contributed by atoms with Crippen molar-refractivity contribution < 1.29 is 0 Å². The molecule has 0 saturated carbocycles. The number of rotatable bonds is 5. The fourth-order valence-electron chi connectivity index (χ4n) is 1.63. The van der Waals surface area contributed by atoms with Crippen LogP contribution in [-0.2, 0) is 0 Å². The fourth-order valence-corrected chi connectivity index (χ4v) is 1.98. The summed E-state index contributed by atoms with van der Waals surface area (Å²) in [4.78, 5) is 4.18. The van der Waals surface area contributed by atoms with Crippen LogP contribution in [0.5, 0.6) is 0 Å². The van der Waals surface area contributed by atoms with Crippen molar-refractivity contribution >= 4 is 40.3 Å². The maximum atomic E-state index is 6.14. The van der Waals surface area contributed by atoms with E-state index in [1.807, 2.05) is 18.2 Å². The van der Waals surface area contributed by atoms with Crippen LogP contribution in [0.4, 0.5) is 17.1 Å². The average molecular weight is 296 g/mol. The number of aromatic nitrogens is 1. The van der Waals surface area contributed by atoms with Gasteiger partial charge < -0.3 is 10.6 Å². The molecule has 3 nitrogen and oxygen atoms in total. The van der Waals surface area contributed by atoms with Crippen LogP contribution in [0.2, 0.25) is 10.0 Å². The Balaban J connectivity index is 2.16. The van der Waals surface area contributed by atoms with Crippen LogP contribution in [0.3, 0.4) is 0 Å². The van der Waals surface area contributed by atoms with Gasteiger partial charge in [-0.2, -0.15) is 0 Å². The van der Waals surface area contributed by atoms with Crippen molar-refractivity contribution in [1.82, 2.24) is 4.98 Å². The van der Waals surface area contributed by atoms with Crippen LogP contribution in [0, 0.1) is 0 Å². The van der Waals surface area contributed by atoms with Gasteiger partial charge in [0.15, 0.2) is 0 Å². The number of pyridine rings is 1. The van der Waals surface area contributed by atoms with Gasteiger partial charge in [0.05, 0.1) is 39.5 Å². The van der Waals surface area contributed by atoms with E-state index in [4.69, 9.17) is 23.2 Å². The number of hydrogen-bond acceptors (Lipinski definition) is 3. The molecule has 0 fully saturated rings. The summed E-state index contributed by atoms with van der Waals surface area (Å²) < 4.78 is 0. The van der Waals surface area contributed by atoms with E-state index in [0.717, 1.165) is 30.0 Å². The highest BCUT2D eigenvalue weighted by Gasteiger charge is 2.05. The lowest BCUT2D eigenvalue weighted by Gasteiger charge is -2.11. The topological polar surface area (TPSA) is 37.0 Å². The van der Waals surface area contributed by atoms with Crippen molar-refractivity contribution in [3.05, 3.63) is 46.7 Å². The molecule has 0 unspecified atom stereocenters. The Kier molecular flexibility index (Phi) is 4.88. The highest BCUT2D eigenvalue weighted by atomic mass is 35.5. The van der Waals surface area contributed by atoms with Crippen molar-refractivity contribution in [3.8, 4) is 0 Å². The maximum absolute atomic E-state index is 6.14. The molecule has 19 heavy (non-hydrogen) atoms. The van der Waals surface area contributed by atoms with Gasteiger partial charge in [0, 0.05) is 6.54 Å². The first-order valence-electron chi connectivity index (χ1n) is 6.10. The van der Waals surface area contributed by atoms with Gasteiger partial charge in [-0.05, 0) is 24.6 Å². The van der Waals surface area contributed by atoms with E-state index in [1.165, 1.54) is 0 Å². The molecule has 5 heteroatoms. The Morgan fingerprint density at radius 3 is 2.74 bits per heavy atom. The predicted octanol–water partition coefficient (Wildman–Crippen LogP) is 4.95. The van der Waals surface area contributed by atoms with E-state index in [2.05, 4.69) is 22.5 Å². The van der Waals surface area contributed by atoms with Gasteiger partial charge in [-0.25, -0.2) is 0 Å². The van der Waals surface area contributed by atoms with E-state index in [1.54, 1.807) is 18.5 Å². The minimum atomic E-state index is 0.510. The smallest absolute Gasteiger partial charge is 0.0827 e. The number of anilines is 3. The zero-order valence-corrected chi connectivity index (χ0v) is 12.1. The zero-order chi connectivity index (χ0) is 13.7. The summed E-state index contributed by atoms with van der Waals surface area (Å²) in [5.74, 6) is 0. The molecule has 0 aliphatic rings. The van der Waals surface area contributed by atoms with Crippen LogP contribution >= 0.6 is 23.2 Å². The number of nitrogens with one attached hydrogen (secondary N) is 2. The number of benzene rings is 1. The lowest BCUT2D eigenvalue weighted by molar-refractivity contribution is 0.978. The second kappa shape index (κ2) is 6.64. The Hall–Kier alpha value is -1.45. The van der Waals surface area contributed by atoms with E-state index in [9.17, 15) is 0 Å². The van der Waals surface area contributed by atoms with E-state index in [0.29, 0.717) is 10.0 Å². The third kappa shape index (κ3) is 3.75. The van der Waals surface area contributed by atoms with Gasteiger partial charge in [0.1, 0.15) is 0 Å². The van der Waals surface area contributed by atoms with Crippen molar-refractivity contribution in [1.29, 1.82) is 0 Å². The number of hydrogen-bond donors (Lipinski definition) is 2. The molecule has 0 saturated heterocycles. The van der Waals surface area contributed by atoms with Gasteiger partial charge in [-0.15, -0.1) is 0 Å². The minimum Gasteiger partial charge on any atom is -0.384 e. The molecule has 0 spiro atoms. The second-order valence-corrected chi connectivity index (χ2v) is 4.90. The van der Waals surface area contributed by atoms with Gasteiger partial charge in [-0.3, -0.25) is 4.98 Å². The molecule has 2 rings (SSSR count). The van der Waals surface area contributed by atoms with Gasteiger partial charge in [-0.1, -0.05) is 36.2 Å². The quantitative estimate of drug-likeness (QED) is 0.819. The molecule has 1 aromatic carbocycles. The summed E-state index contributed by atoms with van der Waals surface area (Å²) in [6.07, 6.45) is 4.60. The molecule has 2 N–H and O–H groups in total. The molecule has 100 valence electrons. The summed E-state index contributed by atoms with van der Waals surface area (Å²) in [7, 11) is 0. The monoisotopic (exact) mass is 295 g/mol. The first-order chi connectivity index (χ1) is 9.20. The highest BCUT2D eigenvalue weighted by molar-refractivity contribution is 6.43. The number of nitrogens with zero attached hydrogens (tertiary/aromatic N) is 1. The largest absolute Gasteiger partial charge is 0.384 e. The van der Waals surface area contributed by atoms with Crippen molar-refractivity contribution in [2.24, 2.45) is 0 Å². The molecule has 0 radical (unpaired) electrons. The van der Waals surface area contributed by atoms with Crippen molar-refractivity contribution in [2.45, 2.75) is 13.3 Å². The van der Waals surface area contributed by atoms with Crippen molar-refractivity contribution in [2.75, 3.05) is 17.2 Å². The predicted molar refractivity (Wildman–Crippen MR) is 82.8 cm³/mol. The first-order valence-corrected chi connectivity index (χ1v) is 6.86. The number of halogens is 2. The molecule has 0 aliphatic carbocycles. The minimum absolute atomic E-state index is 0.510. The molecule has 2 aromatic rings. The van der Waals surface area contributed by atoms with Gasteiger partial charge >= 0.3 is 0 Å². The second-order valence-electron chi connectivity index (χ2n) is 4.12. The maximum Gasteiger partial charge on any atom is 0.0827 e. The van der Waals surface area contributed by atoms with E-state index < -0.39 is 0 Å².